The molecule has 0 saturated heterocycles. The molecule has 3 aromatic rings. The average Bonchev–Trinajstić information content (AvgIpc) is 3.08. The molecule has 1 N–H and O–H groups in total. The second-order valence-electron chi connectivity index (χ2n) is 4.98. The summed E-state index contributed by atoms with van der Waals surface area (Å²) in [5.41, 5.74) is 0.934. The zero-order valence-electron chi connectivity index (χ0n) is 13.1. The molecule has 0 atom stereocenters. The van der Waals surface area contributed by atoms with Crippen molar-refractivity contribution in [2.75, 3.05) is 5.32 Å². The lowest BCUT2D eigenvalue weighted by Crippen LogP contribution is -2.07. The highest BCUT2D eigenvalue weighted by Crippen LogP contribution is 2.18. The van der Waals surface area contributed by atoms with E-state index in [1.807, 2.05) is 30.3 Å². The zero-order valence-corrected chi connectivity index (χ0v) is 13.9. The number of rotatable bonds is 6. The van der Waals surface area contributed by atoms with Gasteiger partial charge >= 0.3 is 0 Å². The van der Waals surface area contributed by atoms with Crippen LogP contribution in [0.3, 0.4) is 0 Å². The van der Waals surface area contributed by atoms with Gasteiger partial charge in [0.15, 0.2) is 5.01 Å². The van der Waals surface area contributed by atoms with Crippen molar-refractivity contribution >= 4 is 28.5 Å². The van der Waals surface area contributed by atoms with Crippen LogP contribution >= 0.6 is 11.3 Å². The number of halogens is 1. The minimum Gasteiger partial charge on any atom is -0.486 e. The van der Waals surface area contributed by atoms with E-state index in [2.05, 4.69) is 15.5 Å². The van der Waals surface area contributed by atoms with Gasteiger partial charge in [0.1, 0.15) is 18.2 Å². The van der Waals surface area contributed by atoms with Gasteiger partial charge in [0.05, 0.1) is 0 Å². The third-order valence-electron chi connectivity index (χ3n) is 3.10. The van der Waals surface area contributed by atoms with Crippen LogP contribution in [0.25, 0.3) is 6.08 Å². The Kier molecular flexibility index (Phi) is 5.48. The first-order valence-corrected chi connectivity index (χ1v) is 8.25. The third-order valence-corrected chi connectivity index (χ3v) is 3.91. The quantitative estimate of drug-likeness (QED) is 0.681. The molecule has 126 valence electrons. The lowest BCUT2D eigenvalue weighted by molar-refractivity contribution is -0.111. The van der Waals surface area contributed by atoms with Crippen LogP contribution in [-0.4, -0.2) is 16.1 Å². The van der Waals surface area contributed by atoms with Gasteiger partial charge in [-0.2, -0.15) is 0 Å². The van der Waals surface area contributed by atoms with E-state index in [0.717, 1.165) is 5.56 Å². The third kappa shape index (κ3) is 5.22. The van der Waals surface area contributed by atoms with Gasteiger partial charge in [-0.3, -0.25) is 10.1 Å². The average molecular weight is 355 g/mol. The van der Waals surface area contributed by atoms with Gasteiger partial charge in [-0.05, 0) is 35.9 Å². The van der Waals surface area contributed by atoms with Crippen LogP contribution in [0.5, 0.6) is 5.75 Å². The number of hydrogen-bond donors (Lipinski definition) is 1. The molecule has 0 saturated carbocycles. The SMILES string of the molecule is O=C(C=Cc1ccccc1)Nc1nnc(COc2ccc(F)cc2)s1. The Morgan fingerprint density at radius 1 is 1.12 bits per heavy atom. The molecule has 0 bridgehead atoms. The van der Waals surface area contributed by atoms with Crippen LogP contribution in [0.1, 0.15) is 10.6 Å². The fourth-order valence-corrected chi connectivity index (χ4v) is 2.58. The summed E-state index contributed by atoms with van der Waals surface area (Å²) in [6.45, 7) is 0.193. The van der Waals surface area contributed by atoms with Crippen molar-refractivity contribution in [3.63, 3.8) is 0 Å². The highest BCUT2D eigenvalue weighted by atomic mass is 32.1. The number of nitrogens with zero attached hydrogens (tertiary/aromatic N) is 2. The molecular formula is C18H14FN3O2S. The van der Waals surface area contributed by atoms with Gasteiger partial charge in [-0.15, -0.1) is 10.2 Å². The summed E-state index contributed by atoms with van der Waals surface area (Å²) >= 11 is 1.22. The summed E-state index contributed by atoms with van der Waals surface area (Å²) in [5, 5.41) is 11.5. The minimum absolute atomic E-state index is 0.193. The fourth-order valence-electron chi connectivity index (χ4n) is 1.92. The van der Waals surface area contributed by atoms with Gasteiger partial charge in [0, 0.05) is 6.08 Å². The van der Waals surface area contributed by atoms with E-state index in [1.165, 1.54) is 41.7 Å². The van der Waals surface area contributed by atoms with Crippen LogP contribution in [0.4, 0.5) is 9.52 Å². The van der Waals surface area contributed by atoms with Gasteiger partial charge in [-0.1, -0.05) is 41.7 Å². The summed E-state index contributed by atoms with van der Waals surface area (Å²) in [4.78, 5) is 11.9. The first-order chi connectivity index (χ1) is 12.2. The van der Waals surface area contributed by atoms with Crippen LogP contribution < -0.4 is 10.1 Å². The van der Waals surface area contributed by atoms with Crippen molar-refractivity contribution in [2.45, 2.75) is 6.61 Å². The number of nitrogens with one attached hydrogen (secondary N) is 1. The Morgan fingerprint density at radius 3 is 2.64 bits per heavy atom. The number of carbonyl (C=O) groups excluding carboxylic acids is 1. The molecule has 1 amide bonds. The van der Waals surface area contributed by atoms with Crippen LogP contribution in [0, 0.1) is 5.82 Å². The molecule has 0 unspecified atom stereocenters. The maximum atomic E-state index is 12.8. The summed E-state index contributed by atoms with van der Waals surface area (Å²) < 4.78 is 18.3. The maximum absolute atomic E-state index is 12.8. The standard InChI is InChI=1S/C18H14FN3O2S/c19-14-7-9-15(10-8-14)24-12-17-21-22-18(25-17)20-16(23)11-6-13-4-2-1-3-5-13/h1-11H,12H2,(H,20,22,23). The van der Waals surface area contributed by atoms with Crippen LogP contribution in [0.2, 0.25) is 0 Å². The molecule has 0 fully saturated rings. The molecule has 0 aliphatic rings. The predicted octanol–water partition coefficient (Wildman–Crippen LogP) is 3.91. The van der Waals surface area contributed by atoms with Crippen molar-refractivity contribution in [3.8, 4) is 5.75 Å². The van der Waals surface area contributed by atoms with E-state index in [9.17, 15) is 9.18 Å². The molecule has 1 aromatic heterocycles. The van der Waals surface area contributed by atoms with E-state index in [-0.39, 0.29) is 18.3 Å². The van der Waals surface area contributed by atoms with Crippen LogP contribution in [0.15, 0.2) is 60.7 Å². The minimum atomic E-state index is -0.322. The Balaban J connectivity index is 1.51. The number of ether oxygens (including phenoxy) is 1. The first kappa shape index (κ1) is 16.8. The predicted molar refractivity (Wildman–Crippen MR) is 94.7 cm³/mol. The molecular weight excluding hydrogens is 341 g/mol. The zero-order chi connectivity index (χ0) is 17.5. The van der Waals surface area contributed by atoms with Crippen molar-refractivity contribution in [3.05, 3.63) is 77.1 Å². The lowest BCUT2D eigenvalue weighted by atomic mass is 10.2. The van der Waals surface area contributed by atoms with Crippen molar-refractivity contribution in [1.29, 1.82) is 0 Å². The summed E-state index contributed by atoms with van der Waals surface area (Å²) in [6.07, 6.45) is 3.15. The highest BCUT2D eigenvalue weighted by Gasteiger charge is 2.07. The summed E-state index contributed by atoms with van der Waals surface area (Å²) in [6, 6.07) is 15.2. The number of anilines is 1. The van der Waals surface area contributed by atoms with Gasteiger partial charge in [0.2, 0.25) is 11.0 Å². The maximum Gasteiger partial charge on any atom is 0.250 e. The molecule has 0 spiro atoms. The summed E-state index contributed by atoms with van der Waals surface area (Å²) in [5.74, 6) is -0.0733. The molecule has 5 nitrogen and oxygen atoms in total. The van der Waals surface area contributed by atoms with Crippen molar-refractivity contribution in [1.82, 2.24) is 10.2 Å². The van der Waals surface area contributed by atoms with Gasteiger partial charge in [-0.25, -0.2) is 4.39 Å². The number of hydrogen-bond acceptors (Lipinski definition) is 5. The Morgan fingerprint density at radius 2 is 1.88 bits per heavy atom. The second-order valence-corrected chi connectivity index (χ2v) is 6.04. The van der Waals surface area contributed by atoms with Gasteiger partial charge in [0.25, 0.3) is 0 Å². The fraction of sp³-hybridized carbons (Fsp3) is 0.0556. The Bertz CT molecular complexity index is 864. The number of aromatic nitrogens is 2. The first-order valence-electron chi connectivity index (χ1n) is 7.44. The summed E-state index contributed by atoms with van der Waals surface area (Å²) in [7, 11) is 0. The van der Waals surface area contributed by atoms with Gasteiger partial charge < -0.3 is 4.74 Å². The van der Waals surface area contributed by atoms with E-state index >= 15 is 0 Å². The van der Waals surface area contributed by atoms with Crippen molar-refractivity contribution < 1.29 is 13.9 Å². The molecule has 7 heteroatoms. The normalized spacial score (nSPS) is 10.8. The monoisotopic (exact) mass is 355 g/mol. The smallest absolute Gasteiger partial charge is 0.250 e. The number of amides is 1. The molecule has 0 aliphatic heterocycles. The Labute approximate surface area is 147 Å². The largest absolute Gasteiger partial charge is 0.486 e. The molecule has 0 radical (unpaired) electrons. The topological polar surface area (TPSA) is 64.1 Å². The molecule has 25 heavy (non-hydrogen) atoms. The molecule has 1 heterocycles. The molecule has 3 rings (SSSR count). The second kappa shape index (κ2) is 8.16. The lowest BCUT2D eigenvalue weighted by Gasteiger charge is -2.02. The molecule has 0 aliphatic carbocycles. The number of benzene rings is 2. The van der Waals surface area contributed by atoms with E-state index in [4.69, 9.17) is 4.74 Å². The highest BCUT2D eigenvalue weighted by molar-refractivity contribution is 7.15. The van der Waals surface area contributed by atoms with E-state index < -0.39 is 0 Å². The van der Waals surface area contributed by atoms with E-state index in [0.29, 0.717) is 15.9 Å². The van der Waals surface area contributed by atoms with E-state index in [1.54, 1.807) is 6.08 Å². The molecule has 2 aromatic carbocycles. The van der Waals surface area contributed by atoms with Crippen molar-refractivity contribution in [2.24, 2.45) is 0 Å². The van der Waals surface area contributed by atoms with Crippen LogP contribution in [-0.2, 0) is 11.4 Å². The Hall–Kier alpha value is -3.06. The number of carbonyl (C=O) groups is 1.